The number of para-hydroxylation sites is 1. The first kappa shape index (κ1) is 18.1. The highest BCUT2D eigenvalue weighted by Crippen LogP contribution is 2.30. The molecule has 1 aliphatic carbocycles. The molecule has 0 aliphatic heterocycles. The second-order valence-electron chi connectivity index (χ2n) is 6.07. The quantitative estimate of drug-likeness (QED) is 0.795. The second kappa shape index (κ2) is 8.63. The molecular formula is C23H21N3O. The Morgan fingerprint density at radius 1 is 0.815 bits per heavy atom. The number of aromatic hydroxyl groups is 1. The molecule has 1 aromatic carbocycles. The van der Waals surface area contributed by atoms with Crippen molar-refractivity contribution in [2.24, 2.45) is 0 Å². The van der Waals surface area contributed by atoms with Crippen LogP contribution in [0.4, 0.5) is 5.82 Å². The lowest BCUT2D eigenvalue weighted by molar-refractivity contribution is 0.477. The van der Waals surface area contributed by atoms with Gasteiger partial charge in [-0.3, -0.25) is 0 Å². The Morgan fingerprint density at radius 2 is 1.56 bits per heavy atom. The highest BCUT2D eigenvalue weighted by molar-refractivity contribution is 5.83. The molecule has 2 aromatic rings. The summed E-state index contributed by atoms with van der Waals surface area (Å²) in [6.45, 7) is 2.05. The average Bonchev–Trinajstić information content (AvgIpc) is 2.66. The van der Waals surface area contributed by atoms with Crippen molar-refractivity contribution in [3.05, 3.63) is 102 Å². The molecule has 4 heteroatoms. The van der Waals surface area contributed by atoms with Gasteiger partial charge in [0.05, 0.1) is 5.69 Å². The van der Waals surface area contributed by atoms with Crippen LogP contribution in [0.3, 0.4) is 0 Å². The molecule has 0 fully saturated rings. The molecule has 0 saturated carbocycles. The van der Waals surface area contributed by atoms with E-state index >= 15 is 0 Å². The standard InChI is InChI=1S/C23H21N3O/c1-17-10-4-2-3-5-12-18(13-7-6-11-17)20-16-21(25-26-23(20)24)19-14-8-9-15-22(19)27/h2-16,27H,1H3,(H2,24,26)/b3-2?,4-2-,5-3-,7-6?,10-4?,11-6-,12-5?,13-7-,17-10-,17-11?,18-12+,18-13?. The van der Waals surface area contributed by atoms with Crippen LogP contribution >= 0.6 is 0 Å². The van der Waals surface area contributed by atoms with E-state index in [1.807, 2.05) is 79.8 Å². The van der Waals surface area contributed by atoms with Crippen molar-refractivity contribution in [3.63, 3.8) is 0 Å². The summed E-state index contributed by atoms with van der Waals surface area (Å²) >= 11 is 0. The van der Waals surface area contributed by atoms with Crippen LogP contribution in [-0.2, 0) is 0 Å². The van der Waals surface area contributed by atoms with Crippen LogP contribution < -0.4 is 5.73 Å². The molecule has 0 radical (unpaired) electrons. The van der Waals surface area contributed by atoms with Gasteiger partial charge in [0.2, 0.25) is 0 Å². The van der Waals surface area contributed by atoms with Crippen LogP contribution in [0.2, 0.25) is 0 Å². The van der Waals surface area contributed by atoms with Gasteiger partial charge in [0.15, 0.2) is 5.82 Å². The molecule has 0 bridgehead atoms. The number of nitrogens with zero attached hydrogens (tertiary/aromatic N) is 2. The summed E-state index contributed by atoms with van der Waals surface area (Å²) < 4.78 is 0. The van der Waals surface area contributed by atoms with Crippen LogP contribution in [0.5, 0.6) is 5.75 Å². The van der Waals surface area contributed by atoms with E-state index in [-0.39, 0.29) is 5.75 Å². The summed E-state index contributed by atoms with van der Waals surface area (Å²) in [4.78, 5) is 0. The number of aromatic nitrogens is 2. The summed E-state index contributed by atoms with van der Waals surface area (Å²) in [5.41, 5.74) is 10.1. The Labute approximate surface area is 159 Å². The number of rotatable bonds is 2. The molecule has 0 unspecified atom stereocenters. The van der Waals surface area contributed by atoms with Crippen molar-refractivity contribution >= 4 is 11.4 Å². The van der Waals surface area contributed by atoms with E-state index in [1.54, 1.807) is 18.2 Å². The van der Waals surface area contributed by atoms with Gasteiger partial charge in [-0.15, -0.1) is 10.2 Å². The van der Waals surface area contributed by atoms with Gasteiger partial charge in [-0.05, 0) is 30.7 Å². The Morgan fingerprint density at radius 3 is 2.37 bits per heavy atom. The van der Waals surface area contributed by atoms with E-state index in [1.165, 1.54) is 0 Å². The third kappa shape index (κ3) is 4.70. The predicted molar refractivity (Wildman–Crippen MR) is 112 cm³/mol. The number of anilines is 1. The fourth-order valence-corrected chi connectivity index (χ4v) is 2.61. The molecule has 0 spiro atoms. The van der Waals surface area contributed by atoms with Crippen LogP contribution in [0, 0.1) is 0 Å². The maximum absolute atomic E-state index is 10.1. The minimum Gasteiger partial charge on any atom is -0.507 e. The molecule has 134 valence electrons. The van der Waals surface area contributed by atoms with Crippen LogP contribution in [0.25, 0.3) is 16.8 Å². The van der Waals surface area contributed by atoms with Crippen molar-refractivity contribution < 1.29 is 5.11 Å². The summed E-state index contributed by atoms with van der Waals surface area (Å²) in [5, 5.41) is 18.3. The van der Waals surface area contributed by atoms with Gasteiger partial charge in [0.1, 0.15) is 5.75 Å². The summed E-state index contributed by atoms with van der Waals surface area (Å²) in [6.07, 6.45) is 19.8. The highest BCUT2D eigenvalue weighted by atomic mass is 16.3. The number of allylic oxidation sites excluding steroid dienone is 12. The van der Waals surface area contributed by atoms with Crippen LogP contribution in [0.15, 0.2) is 96.7 Å². The first-order chi connectivity index (χ1) is 13.1. The lowest BCUT2D eigenvalue weighted by Gasteiger charge is -2.09. The number of nitrogens with two attached hydrogens (primary N) is 1. The Hall–Kier alpha value is -3.66. The van der Waals surface area contributed by atoms with E-state index in [0.717, 1.165) is 16.7 Å². The maximum atomic E-state index is 10.1. The van der Waals surface area contributed by atoms with Gasteiger partial charge in [-0.1, -0.05) is 78.5 Å². The number of hydrogen-bond donors (Lipinski definition) is 2. The Kier molecular flexibility index (Phi) is 5.80. The molecule has 0 atom stereocenters. The zero-order chi connectivity index (χ0) is 19.1. The molecule has 3 N–H and O–H groups in total. The van der Waals surface area contributed by atoms with Crippen molar-refractivity contribution in [2.45, 2.75) is 6.92 Å². The predicted octanol–water partition coefficient (Wildman–Crippen LogP) is 5.00. The first-order valence-corrected chi connectivity index (χ1v) is 8.64. The Balaban J connectivity index is 2.05. The maximum Gasteiger partial charge on any atom is 0.154 e. The zero-order valence-electron chi connectivity index (χ0n) is 15.1. The number of hydrogen-bond acceptors (Lipinski definition) is 4. The molecule has 0 amide bonds. The second-order valence-corrected chi connectivity index (χ2v) is 6.07. The molecule has 3 rings (SSSR count). The minimum absolute atomic E-state index is 0.154. The largest absolute Gasteiger partial charge is 0.507 e. The van der Waals surface area contributed by atoms with Crippen LogP contribution in [-0.4, -0.2) is 15.3 Å². The van der Waals surface area contributed by atoms with Crippen molar-refractivity contribution in [1.29, 1.82) is 0 Å². The van der Waals surface area contributed by atoms with Crippen LogP contribution in [0.1, 0.15) is 12.5 Å². The van der Waals surface area contributed by atoms with E-state index in [4.69, 9.17) is 5.73 Å². The smallest absolute Gasteiger partial charge is 0.154 e. The molecule has 1 aliphatic rings. The number of nitrogen functional groups attached to an aromatic ring is 1. The van der Waals surface area contributed by atoms with Gasteiger partial charge >= 0.3 is 0 Å². The van der Waals surface area contributed by atoms with Crippen molar-refractivity contribution in [2.75, 3.05) is 5.73 Å². The third-order valence-electron chi connectivity index (χ3n) is 4.03. The summed E-state index contributed by atoms with van der Waals surface area (Å²) in [5.74, 6) is 0.488. The molecule has 4 nitrogen and oxygen atoms in total. The zero-order valence-corrected chi connectivity index (χ0v) is 15.1. The molecule has 1 aromatic heterocycles. The summed E-state index contributed by atoms with van der Waals surface area (Å²) in [7, 11) is 0. The number of phenols is 1. The fourth-order valence-electron chi connectivity index (χ4n) is 2.61. The van der Waals surface area contributed by atoms with Gasteiger partial charge in [0.25, 0.3) is 0 Å². The Bertz CT molecular complexity index is 1010. The lowest BCUT2D eigenvalue weighted by atomic mass is 10.0. The third-order valence-corrected chi connectivity index (χ3v) is 4.03. The van der Waals surface area contributed by atoms with E-state index < -0.39 is 0 Å². The van der Waals surface area contributed by atoms with Gasteiger partial charge in [-0.25, -0.2) is 0 Å². The first-order valence-electron chi connectivity index (χ1n) is 8.64. The van der Waals surface area contributed by atoms with Crippen molar-refractivity contribution in [3.8, 4) is 17.0 Å². The molecule has 0 saturated heterocycles. The van der Waals surface area contributed by atoms with Gasteiger partial charge < -0.3 is 10.8 Å². The van der Waals surface area contributed by atoms with Crippen molar-refractivity contribution in [1.82, 2.24) is 10.2 Å². The van der Waals surface area contributed by atoms with Gasteiger partial charge in [0, 0.05) is 11.1 Å². The monoisotopic (exact) mass is 355 g/mol. The summed E-state index contributed by atoms with van der Waals surface area (Å²) in [6, 6.07) is 8.88. The van der Waals surface area contributed by atoms with E-state index in [0.29, 0.717) is 17.1 Å². The lowest BCUT2D eigenvalue weighted by Crippen LogP contribution is -2.00. The normalized spacial score (nSPS) is 22.9. The van der Waals surface area contributed by atoms with E-state index in [9.17, 15) is 5.11 Å². The fraction of sp³-hybridized carbons (Fsp3) is 0.0435. The molecule has 27 heavy (non-hydrogen) atoms. The van der Waals surface area contributed by atoms with E-state index in [2.05, 4.69) is 10.2 Å². The SMILES string of the molecule is CC1=C/C=C\C=C/C=C(c2cc(-c3ccccc3O)nnc2N)\C=C/C=C\1. The molecular weight excluding hydrogens is 334 g/mol. The number of phenolic OH excluding ortho intramolecular Hbond substituents is 1. The minimum atomic E-state index is 0.154. The topological polar surface area (TPSA) is 72.0 Å². The highest BCUT2D eigenvalue weighted by Gasteiger charge is 2.11. The average molecular weight is 355 g/mol. The molecule has 1 heterocycles. The number of benzene rings is 1. The van der Waals surface area contributed by atoms with Gasteiger partial charge in [-0.2, -0.15) is 0 Å².